The van der Waals surface area contributed by atoms with Gasteiger partial charge in [0.05, 0.1) is 18.8 Å². The van der Waals surface area contributed by atoms with E-state index in [4.69, 9.17) is 10.5 Å². The second-order valence-electron chi connectivity index (χ2n) is 5.08. The number of hydrogen-bond acceptors (Lipinski definition) is 6. The van der Waals surface area contributed by atoms with Crippen molar-refractivity contribution in [1.82, 2.24) is 9.97 Å². The number of nitrogens with two attached hydrogens (primary N) is 1. The first-order chi connectivity index (χ1) is 11.2. The van der Waals surface area contributed by atoms with Crippen LogP contribution in [0.5, 0.6) is 5.75 Å². The van der Waals surface area contributed by atoms with E-state index < -0.39 is 0 Å². The van der Waals surface area contributed by atoms with E-state index in [-0.39, 0.29) is 6.04 Å². The van der Waals surface area contributed by atoms with Crippen LogP contribution in [0.25, 0.3) is 0 Å². The van der Waals surface area contributed by atoms with Gasteiger partial charge in [0.2, 0.25) is 0 Å². The summed E-state index contributed by atoms with van der Waals surface area (Å²) in [4.78, 5) is 8.78. The first kappa shape index (κ1) is 15.5. The second-order valence-corrected chi connectivity index (χ2v) is 5.93. The minimum Gasteiger partial charge on any atom is -0.497 e. The average Bonchev–Trinajstić information content (AvgIpc) is 3.05. The van der Waals surface area contributed by atoms with Crippen LogP contribution in [0.3, 0.4) is 0 Å². The molecule has 0 aliphatic carbocycles. The van der Waals surface area contributed by atoms with Crippen LogP contribution in [0.1, 0.15) is 17.3 Å². The van der Waals surface area contributed by atoms with Gasteiger partial charge in [0, 0.05) is 11.6 Å². The summed E-state index contributed by atoms with van der Waals surface area (Å²) >= 11 is 1.53. The number of anilines is 2. The molecule has 0 saturated carbocycles. The third-order valence-corrected chi connectivity index (χ3v) is 4.19. The summed E-state index contributed by atoms with van der Waals surface area (Å²) in [7, 11) is 1.66. The second kappa shape index (κ2) is 7.21. The Bertz CT molecular complexity index is 743. The SMILES string of the molecule is COc1ccc(CC(N)c2csc(Nc3ccccn3)n2)cc1. The van der Waals surface area contributed by atoms with Gasteiger partial charge in [0.25, 0.3) is 0 Å². The van der Waals surface area contributed by atoms with Crippen molar-refractivity contribution in [3.05, 3.63) is 65.3 Å². The minimum absolute atomic E-state index is 0.140. The molecule has 118 valence electrons. The lowest BCUT2D eigenvalue weighted by Crippen LogP contribution is -2.13. The van der Waals surface area contributed by atoms with Gasteiger partial charge < -0.3 is 15.8 Å². The lowest BCUT2D eigenvalue weighted by molar-refractivity contribution is 0.414. The molecule has 0 amide bonds. The summed E-state index contributed by atoms with van der Waals surface area (Å²) in [5, 5.41) is 5.96. The van der Waals surface area contributed by atoms with Crippen molar-refractivity contribution in [2.24, 2.45) is 5.73 Å². The average molecular weight is 326 g/mol. The van der Waals surface area contributed by atoms with Crippen LogP contribution in [0.4, 0.5) is 10.9 Å². The van der Waals surface area contributed by atoms with Crippen LogP contribution in [0.2, 0.25) is 0 Å². The summed E-state index contributed by atoms with van der Waals surface area (Å²) < 4.78 is 5.16. The van der Waals surface area contributed by atoms with E-state index in [0.29, 0.717) is 0 Å². The van der Waals surface area contributed by atoms with E-state index in [2.05, 4.69) is 15.3 Å². The number of thiazole rings is 1. The Labute approximate surface area is 139 Å². The topological polar surface area (TPSA) is 73.1 Å². The number of hydrogen-bond donors (Lipinski definition) is 2. The van der Waals surface area contributed by atoms with E-state index in [1.807, 2.05) is 47.8 Å². The summed E-state index contributed by atoms with van der Waals surface area (Å²) in [5.74, 6) is 1.62. The maximum atomic E-state index is 6.27. The molecule has 3 N–H and O–H groups in total. The summed E-state index contributed by atoms with van der Waals surface area (Å²) in [6.45, 7) is 0. The molecule has 1 aromatic carbocycles. The number of nitrogens with one attached hydrogen (secondary N) is 1. The largest absolute Gasteiger partial charge is 0.497 e. The highest BCUT2D eigenvalue weighted by atomic mass is 32.1. The Balaban J connectivity index is 1.64. The molecular formula is C17H18N4OS. The standard InChI is InChI=1S/C17H18N4OS/c1-22-13-7-5-12(6-8-13)10-14(18)15-11-23-17(20-15)21-16-4-2-3-9-19-16/h2-9,11,14H,10,18H2,1H3,(H,19,20,21). The molecule has 0 spiro atoms. The van der Waals surface area contributed by atoms with Crippen LogP contribution in [0.15, 0.2) is 54.0 Å². The molecular weight excluding hydrogens is 308 g/mol. The van der Waals surface area contributed by atoms with Crippen LogP contribution < -0.4 is 15.8 Å². The molecule has 0 fully saturated rings. The summed E-state index contributed by atoms with van der Waals surface area (Å²) in [6.07, 6.45) is 2.48. The number of benzene rings is 1. The lowest BCUT2D eigenvalue weighted by Gasteiger charge is -2.09. The van der Waals surface area contributed by atoms with Crippen molar-refractivity contribution >= 4 is 22.3 Å². The molecule has 3 rings (SSSR count). The van der Waals surface area contributed by atoms with E-state index in [0.717, 1.165) is 34.4 Å². The van der Waals surface area contributed by atoms with Crippen molar-refractivity contribution in [1.29, 1.82) is 0 Å². The van der Waals surface area contributed by atoms with Crippen molar-refractivity contribution in [3.63, 3.8) is 0 Å². The van der Waals surface area contributed by atoms with Gasteiger partial charge in [-0.3, -0.25) is 0 Å². The Kier molecular flexibility index (Phi) is 4.85. The zero-order valence-electron chi connectivity index (χ0n) is 12.8. The first-order valence-electron chi connectivity index (χ1n) is 7.26. The van der Waals surface area contributed by atoms with Gasteiger partial charge in [-0.05, 0) is 36.2 Å². The van der Waals surface area contributed by atoms with E-state index in [1.54, 1.807) is 13.3 Å². The maximum Gasteiger partial charge on any atom is 0.188 e. The highest BCUT2D eigenvalue weighted by Crippen LogP contribution is 2.24. The fourth-order valence-corrected chi connectivity index (χ4v) is 2.96. The minimum atomic E-state index is -0.140. The molecule has 2 heterocycles. The predicted octanol–water partition coefficient (Wildman–Crippen LogP) is 3.53. The zero-order valence-corrected chi connectivity index (χ0v) is 13.6. The number of rotatable bonds is 6. The third-order valence-electron chi connectivity index (χ3n) is 3.42. The first-order valence-corrected chi connectivity index (χ1v) is 8.14. The monoisotopic (exact) mass is 326 g/mol. The highest BCUT2D eigenvalue weighted by molar-refractivity contribution is 7.13. The number of methoxy groups -OCH3 is 1. The number of pyridine rings is 1. The Morgan fingerprint density at radius 3 is 2.74 bits per heavy atom. The highest BCUT2D eigenvalue weighted by Gasteiger charge is 2.12. The molecule has 1 atom stereocenters. The molecule has 0 aliphatic heterocycles. The van der Waals surface area contributed by atoms with Crippen molar-refractivity contribution in [2.45, 2.75) is 12.5 Å². The molecule has 1 unspecified atom stereocenters. The molecule has 0 bridgehead atoms. The van der Waals surface area contributed by atoms with Gasteiger partial charge in [-0.2, -0.15) is 0 Å². The van der Waals surface area contributed by atoms with Crippen LogP contribution in [-0.2, 0) is 6.42 Å². The number of nitrogens with zero attached hydrogens (tertiary/aromatic N) is 2. The van der Waals surface area contributed by atoms with Crippen molar-refractivity contribution in [3.8, 4) is 5.75 Å². The number of aromatic nitrogens is 2. The molecule has 2 aromatic heterocycles. The van der Waals surface area contributed by atoms with Crippen LogP contribution in [-0.4, -0.2) is 17.1 Å². The maximum absolute atomic E-state index is 6.27. The van der Waals surface area contributed by atoms with E-state index in [9.17, 15) is 0 Å². The molecule has 3 aromatic rings. The Morgan fingerprint density at radius 1 is 1.22 bits per heavy atom. The van der Waals surface area contributed by atoms with Crippen LogP contribution >= 0.6 is 11.3 Å². The van der Waals surface area contributed by atoms with Gasteiger partial charge in [-0.1, -0.05) is 18.2 Å². The molecule has 5 nitrogen and oxygen atoms in total. The molecule has 0 saturated heterocycles. The molecule has 23 heavy (non-hydrogen) atoms. The molecule has 6 heteroatoms. The quantitative estimate of drug-likeness (QED) is 0.725. The van der Waals surface area contributed by atoms with E-state index >= 15 is 0 Å². The van der Waals surface area contributed by atoms with Gasteiger partial charge >= 0.3 is 0 Å². The van der Waals surface area contributed by atoms with Crippen molar-refractivity contribution in [2.75, 3.05) is 12.4 Å². The summed E-state index contributed by atoms with van der Waals surface area (Å²) in [5.41, 5.74) is 8.31. The fourth-order valence-electron chi connectivity index (χ4n) is 2.18. The smallest absolute Gasteiger partial charge is 0.188 e. The molecule has 0 aliphatic rings. The van der Waals surface area contributed by atoms with Gasteiger partial charge in [0.15, 0.2) is 5.13 Å². The van der Waals surface area contributed by atoms with Crippen LogP contribution in [0, 0.1) is 0 Å². The van der Waals surface area contributed by atoms with Gasteiger partial charge in [0.1, 0.15) is 11.6 Å². The summed E-state index contributed by atoms with van der Waals surface area (Å²) in [6, 6.07) is 13.5. The number of ether oxygens (including phenoxy) is 1. The van der Waals surface area contributed by atoms with Gasteiger partial charge in [-0.15, -0.1) is 11.3 Å². The molecule has 0 radical (unpaired) electrons. The van der Waals surface area contributed by atoms with Crippen molar-refractivity contribution < 1.29 is 4.74 Å². The lowest BCUT2D eigenvalue weighted by atomic mass is 10.0. The van der Waals surface area contributed by atoms with E-state index in [1.165, 1.54) is 11.3 Å². The third kappa shape index (κ3) is 4.06. The van der Waals surface area contributed by atoms with Gasteiger partial charge in [-0.25, -0.2) is 9.97 Å². The zero-order chi connectivity index (χ0) is 16.1. The normalized spacial score (nSPS) is 11.9. The Hall–Kier alpha value is -2.44. The Morgan fingerprint density at radius 2 is 2.04 bits per heavy atom. The fraction of sp³-hybridized carbons (Fsp3) is 0.176. The predicted molar refractivity (Wildman–Crippen MR) is 93.3 cm³/mol.